The molecular formula is C8H17+. The lowest BCUT2D eigenvalue weighted by atomic mass is 9.94. The van der Waals surface area contributed by atoms with Gasteiger partial charge in [0, 0.05) is 0 Å². The zero-order valence-electron chi connectivity index (χ0n) is 6.44. The summed E-state index contributed by atoms with van der Waals surface area (Å²) in [7, 11) is 0. The van der Waals surface area contributed by atoms with Gasteiger partial charge in [0.25, 0.3) is 0 Å². The summed E-state index contributed by atoms with van der Waals surface area (Å²) < 4.78 is 0. The lowest BCUT2D eigenvalue weighted by Crippen LogP contribution is -2.02. The Labute approximate surface area is 53.3 Å². The van der Waals surface area contributed by atoms with E-state index in [-0.39, 0.29) is 0 Å². The second-order valence-electron chi connectivity index (χ2n) is 2.75. The Balaban J connectivity index is 3.17. The van der Waals surface area contributed by atoms with Gasteiger partial charge >= 0.3 is 0 Å². The highest BCUT2D eigenvalue weighted by atomic mass is 14.1. The van der Waals surface area contributed by atoms with Crippen molar-refractivity contribution in [3.63, 3.8) is 0 Å². The summed E-state index contributed by atoms with van der Waals surface area (Å²) in [5, 5.41) is 0. The second-order valence-corrected chi connectivity index (χ2v) is 2.75. The van der Waals surface area contributed by atoms with Crippen LogP contribution in [0, 0.1) is 18.3 Å². The summed E-state index contributed by atoms with van der Waals surface area (Å²) in [6.07, 6.45) is 3.57. The van der Waals surface area contributed by atoms with Crippen LogP contribution in [-0.2, 0) is 0 Å². The average Bonchev–Trinajstić information content (AvgIpc) is 1.67. The van der Waals surface area contributed by atoms with Gasteiger partial charge < -0.3 is 0 Å². The highest BCUT2D eigenvalue weighted by Gasteiger charge is 2.12. The summed E-state index contributed by atoms with van der Waals surface area (Å²) >= 11 is 0. The van der Waals surface area contributed by atoms with E-state index in [1.807, 2.05) is 0 Å². The molecule has 0 fully saturated rings. The molecular weight excluding hydrogens is 96.1 g/mol. The van der Waals surface area contributed by atoms with Gasteiger partial charge in [0.15, 0.2) is 0 Å². The molecule has 0 heterocycles. The third-order valence-corrected chi connectivity index (χ3v) is 1.66. The fourth-order valence-corrected chi connectivity index (χ4v) is 0.644. The first kappa shape index (κ1) is 7.87. The van der Waals surface area contributed by atoms with Crippen LogP contribution < -0.4 is 0 Å². The van der Waals surface area contributed by atoms with E-state index in [0.717, 1.165) is 11.8 Å². The Morgan fingerprint density at radius 1 is 1.25 bits per heavy atom. The van der Waals surface area contributed by atoms with Crippen LogP contribution in [0.1, 0.15) is 34.1 Å². The van der Waals surface area contributed by atoms with E-state index in [4.69, 9.17) is 0 Å². The smallest absolute Gasteiger partial charge is 0.0584 e. The van der Waals surface area contributed by atoms with Gasteiger partial charge in [-0.25, -0.2) is 0 Å². The van der Waals surface area contributed by atoms with Gasteiger partial charge in [-0.15, -0.1) is 0 Å². The van der Waals surface area contributed by atoms with Crippen molar-refractivity contribution in [2.24, 2.45) is 11.8 Å². The van der Waals surface area contributed by atoms with E-state index < -0.39 is 0 Å². The molecule has 0 aromatic carbocycles. The van der Waals surface area contributed by atoms with Crippen molar-refractivity contribution in [1.29, 1.82) is 0 Å². The predicted octanol–water partition coefficient (Wildman–Crippen LogP) is 2.89. The number of hydrogen-bond donors (Lipinski definition) is 0. The van der Waals surface area contributed by atoms with Gasteiger partial charge in [0.2, 0.25) is 0 Å². The van der Waals surface area contributed by atoms with Crippen molar-refractivity contribution < 1.29 is 0 Å². The minimum absolute atomic E-state index is 0.792. The largest absolute Gasteiger partial charge is 0.0972 e. The van der Waals surface area contributed by atoms with Crippen molar-refractivity contribution in [2.75, 3.05) is 0 Å². The first-order chi connectivity index (χ1) is 3.68. The lowest BCUT2D eigenvalue weighted by Gasteiger charge is -2.04. The molecule has 0 aliphatic carbocycles. The van der Waals surface area contributed by atoms with Gasteiger partial charge in [-0.2, -0.15) is 0 Å². The van der Waals surface area contributed by atoms with Crippen LogP contribution in [0.25, 0.3) is 0 Å². The first-order valence-electron chi connectivity index (χ1n) is 3.51. The fraction of sp³-hybridized carbons (Fsp3) is 0.875. The Kier molecular flexibility index (Phi) is 3.76. The predicted molar refractivity (Wildman–Crippen MR) is 38.6 cm³/mol. The third-order valence-electron chi connectivity index (χ3n) is 1.66. The Morgan fingerprint density at radius 3 is 1.88 bits per heavy atom. The third kappa shape index (κ3) is 2.95. The highest BCUT2D eigenvalue weighted by Crippen LogP contribution is 2.13. The SMILES string of the molecule is CC[CH+]C(C)C(C)C. The Morgan fingerprint density at radius 2 is 1.75 bits per heavy atom. The van der Waals surface area contributed by atoms with Crippen LogP contribution >= 0.6 is 0 Å². The van der Waals surface area contributed by atoms with E-state index in [2.05, 4.69) is 34.1 Å². The molecule has 0 rings (SSSR count). The molecule has 8 heavy (non-hydrogen) atoms. The maximum atomic E-state index is 2.37. The fourth-order valence-electron chi connectivity index (χ4n) is 0.644. The molecule has 0 nitrogen and oxygen atoms in total. The van der Waals surface area contributed by atoms with E-state index >= 15 is 0 Å². The maximum Gasteiger partial charge on any atom is 0.0972 e. The molecule has 0 aromatic heterocycles. The first-order valence-corrected chi connectivity index (χ1v) is 3.51. The quantitative estimate of drug-likeness (QED) is 0.494. The summed E-state index contributed by atoms with van der Waals surface area (Å²) in [5.41, 5.74) is 0. The Hall–Kier alpha value is -0.130. The normalized spacial score (nSPS) is 14.1. The Bertz CT molecular complexity index is 46.0. The van der Waals surface area contributed by atoms with Crippen LogP contribution in [0.3, 0.4) is 0 Å². The minimum Gasteiger partial charge on any atom is -0.0584 e. The average molecular weight is 113 g/mol. The molecule has 0 N–H and O–H groups in total. The van der Waals surface area contributed by atoms with Crippen molar-refractivity contribution in [2.45, 2.75) is 34.1 Å². The topological polar surface area (TPSA) is 0 Å². The maximum absolute atomic E-state index is 2.37. The molecule has 0 saturated heterocycles. The van der Waals surface area contributed by atoms with Crippen molar-refractivity contribution in [1.82, 2.24) is 0 Å². The van der Waals surface area contributed by atoms with E-state index in [9.17, 15) is 0 Å². The zero-order valence-corrected chi connectivity index (χ0v) is 6.44. The van der Waals surface area contributed by atoms with Crippen LogP contribution in [0.15, 0.2) is 0 Å². The van der Waals surface area contributed by atoms with Crippen molar-refractivity contribution >= 4 is 0 Å². The number of rotatable bonds is 3. The molecule has 0 saturated carbocycles. The van der Waals surface area contributed by atoms with Crippen LogP contribution in [-0.4, -0.2) is 0 Å². The van der Waals surface area contributed by atoms with Crippen molar-refractivity contribution in [3.05, 3.63) is 6.42 Å². The second kappa shape index (κ2) is 3.82. The van der Waals surface area contributed by atoms with Crippen LogP contribution in [0.5, 0.6) is 0 Å². The van der Waals surface area contributed by atoms with Gasteiger partial charge in [-0.1, -0.05) is 13.8 Å². The molecule has 48 valence electrons. The molecule has 0 bridgehead atoms. The van der Waals surface area contributed by atoms with Crippen molar-refractivity contribution in [3.8, 4) is 0 Å². The minimum atomic E-state index is 0.792. The lowest BCUT2D eigenvalue weighted by molar-refractivity contribution is 0.464. The molecule has 0 aromatic rings. The van der Waals surface area contributed by atoms with Crippen LogP contribution in [0.2, 0.25) is 0 Å². The molecule has 1 atom stereocenters. The van der Waals surface area contributed by atoms with Crippen LogP contribution in [0.4, 0.5) is 0 Å². The summed E-state index contributed by atoms with van der Waals surface area (Å²) in [6, 6.07) is 0. The van der Waals surface area contributed by atoms with E-state index in [1.165, 1.54) is 6.42 Å². The van der Waals surface area contributed by atoms with E-state index in [1.54, 1.807) is 0 Å². The molecule has 0 amide bonds. The van der Waals surface area contributed by atoms with E-state index in [0.29, 0.717) is 0 Å². The van der Waals surface area contributed by atoms with Gasteiger partial charge in [0.05, 0.1) is 18.8 Å². The zero-order chi connectivity index (χ0) is 6.57. The molecule has 1 unspecified atom stereocenters. The van der Waals surface area contributed by atoms with Gasteiger partial charge in [-0.05, 0) is 19.8 Å². The molecule has 0 spiro atoms. The molecule has 0 aliphatic rings. The molecule has 0 aliphatic heterocycles. The van der Waals surface area contributed by atoms with Gasteiger partial charge in [0.1, 0.15) is 0 Å². The summed E-state index contributed by atoms with van der Waals surface area (Å²) in [4.78, 5) is 0. The highest BCUT2D eigenvalue weighted by molar-refractivity contribution is 4.72. The standard InChI is InChI=1S/C8H17/c1-5-6-8(4)7(2)3/h6-8H,5H2,1-4H3/q+1. The molecule has 0 heteroatoms. The number of hydrogen-bond acceptors (Lipinski definition) is 0. The summed E-state index contributed by atoms with van der Waals surface area (Å²) in [5.74, 6) is 1.61. The molecule has 0 radical (unpaired) electrons. The van der Waals surface area contributed by atoms with Gasteiger partial charge in [-0.3, -0.25) is 0 Å². The summed E-state index contributed by atoms with van der Waals surface area (Å²) in [6.45, 7) is 8.99. The monoisotopic (exact) mass is 113 g/mol.